The molecule has 0 spiro atoms. The topological polar surface area (TPSA) is 24.4 Å². The van der Waals surface area contributed by atoms with Gasteiger partial charge in [0.25, 0.3) is 0 Å². The van der Waals surface area contributed by atoms with Crippen molar-refractivity contribution in [2.24, 2.45) is 4.99 Å². The number of hydrogen-bond donors (Lipinski definition) is 1. The van der Waals surface area contributed by atoms with Gasteiger partial charge in [-0.25, -0.2) is 0 Å². The van der Waals surface area contributed by atoms with E-state index in [2.05, 4.69) is 43.6 Å². The van der Waals surface area contributed by atoms with Crippen molar-refractivity contribution in [1.82, 2.24) is 5.32 Å². The van der Waals surface area contributed by atoms with E-state index in [-0.39, 0.29) is 5.41 Å². The van der Waals surface area contributed by atoms with Gasteiger partial charge in [0.15, 0.2) is 5.17 Å². The minimum Gasteiger partial charge on any atom is -0.362 e. The maximum absolute atomic E-state index is 4.78. The second kappa shape index (κ2) is 6.11. The van der Waals surface area contributed by atoms with Gasteiger partial charge in [0, 0.05) is 22.1 Å². The Morgan fingerprint density at radius 1 is 1.50 bits per heavy atom. The van der Waals surface area contributed by atoms with Crippen LogP contribution in [0.3, 0.4) is 0 Å². The van der Waals surface area contributed by atoms with Crippen LogP contribution in [0.5, 0.6) is 0 Å². The first-order valence-electron chi connectivity index (χ1n) is 6.59. The molecular weight excluding hydrogens is 260 g/mol. The van der Waals surface area contributed by atoms with E-state index in [4.69, 9.17) is 4.99 Å². The van der Waals surface area contributed by atoms with Crippen LogP contribution in [-0.4, -0.2) is 23.5 Å². The summed E-state index contributed by atoms with van der Waals surface area (Å²) in [7, 11) is 0. The van der Waals surface area contributed by atoms with Crippen molar-refractivity contribution in [3.05, 3.63) is 22.4 Å². The third-order valence-electron chi connectivity index (χ3n) is 3.33. The number of amidine groups is 1. The van der Waals surface area contributed by atoms with Gasteiger partial charge in [-0.1, -0.05) is 38.6 Å². The van der Waals surface area contributed by atoms with Crippen LogP contribution in [0.25, 0.3) is 0 Å². The molecule has 1 aromatic heterocycles. The van der Waals surface area contributed by atoms with Gasteiger partial charge >= 0.3 is 0 Å². The average molecular weight is 282 g/mol. The third kappa shape index (κ3) is 3.51. The van der Waals surface area contributed by atoms with Crippen molar-refractivity contribution in [1.29, 1.82) is 0 Å². The summed E-state index contributed by atoms with van der Waals surface area (Å²) >= 11 is 3.69. The minimum absolute atomic E-state index is 0.141. The minimum atomic E-state index is 0.141. The van der Waals surface area contributed by atoms with Gasteiger partial charge in [-0.15, -0.1) is 11.3 Å². The molecule has 0 radical (unpaired) electrons. The molecule has 1 fully saturated rings. The number of rotatable bonds is 4. The summed E-state index contributed by atoms with van der Waals surface area (Å²) in [6.07, 6.45) is 2.45. The molecule has 18 heavy (non-hydrogen) atoms. The summed E-state index contributed by atoms with van der Waals surface area (Å²) in [5.74, 6) is 1.20. The smallest absolute Gasteiger partial charge is 0.156 e. The Hall–Kier alpha value is -0.480. The monoisotopic (exact) mass is 282 g/mol. The molecule has 1 unspecified atom stereocenters. The van der Waals surface area contributed by atoms with Crippen molar-refractivity contribution in [3.63, 3.8) is 0 Å². The van der Waals surface area contributed by atoms with Crippen molar-refractivity contribution in [3.8, 4) is 0 Å². The van der Waals surface area contributed by atoms with E-state index in [0.717, 1.165) is 11.7 Å². The zero-order valence-electron chi connectivity index (χ0n) is 11.4. The predicted octanol–water partition coefficient (Wildman–Crippen LogP) is 3.89. The number of nitrogens with one attached hydrogen (secondary N) is 1. The van der Waals surface area contributed by atoms with Gasteiger partial charge in [0.1, 0.15) is 0 Å². The number of hydrogen-bond acceptors (Lipinski definition) is 3. The molecule has 2 nitrogen and oxygen atoms in total. The van der Waals surface area contributed by atoms with Crippen LogP contribution >= 0.6 is 23.1 Å². The Bertz CT molecular complexity index is 396. The molecule has 1 aliphatic rings. The van der Waals surface area contributed by atoms with Crippen LogP contribution in [-0.2, 0) is 5.41 Å². The van der Waals surface area contributed by atoms with Crippen LogP contribution in [0.4, 0.5) is 0 Å². The molecule has 0 aromatic carbocycles. The van der Waals surface area contributed by atoms with Gasteiger partial charge in [0.2, 0.25) is 0 Å². The van der Waals surface area contributed by atoms with Gasteiger partial charge in [-0.2, -0.15) is 0 Å². The van der Waals surface area contributed by atoms with Crippen molar-refractivity contribution in [2.75, 3.05) is 12.3 Å². The van der Waals surface area contributed by atoms with E-state index in [0.29, 0.717) is 6.04 Å². The molecule has 100 valence electrons. The third-order valence-corrected chi connectivity index (χ3v) is 5.53. The SMILES string of the molecule is CCC1CCSC(=NCC(C)(C)c2cccs2)N1. The molecule has 1 saturated heterocycles. The first-order chi connectivity index (χ1) is 8.62. The molecule has 1 aliphatic heterocycles. The van der Waals surface area contributed by atoms with Gasteiger partial charge in [-0.3, -0.25) is 4.99 Å². The van der Waals surface area contributed by atoms with E-state index in [9.17, 15) is 0 Å². The zero-order valence-corrected chi connectivity index (χ0v) is 13.0. The Kier molecular flexibility index (Phi) is 4.73. The lowest BCUT2D eigenvalue weighted by Gasteiger charge is -2.26. The lowest BCUT2D eigenvalue weighted by atomic mass is 9.92. The summed E-state index contributed by atoms with van der Waals surface area (Å²) in [4.78, 5) is 6.20. The fourth-order valence-electron chi connectivity index (χ4n) is 1.99. The normalized spacial score (nSPS) is 23.1. The van der Waals surface area contributed by atoms with E-state index in [1.54, 1.807) is 0 Å². The summed E-state index contributed by atoms with van der Waals surface area (Å²) < 4.78 is 0. The Labute approximate surface area is 118 Å². The van der Waals surface area contributed by atoms with Gasteiger partial charge < -0.3 is 5.32 Å². The second-order valence-electron chi connectivity index (χ2n) is 5.37. The fourth-order valence-corrected chi connectivity index (χ4v) is 3.84. The first kappa shape index (κ1) is 13.9. The van der Waals surface area contributed by atoms with E-state index in [1.807, 2.05) is 23.1 Å². The summed E-state index contributed by atoms with van der Waals surface area (Å²) in [6.45, 7) is 7.64. The Balaban J connectivity index is 1.97. The van der Waals surface area contributed by atoms with E-state index >= 15 is 0 Å². The first-order valence-corrected chi connectivity index (χ1v) is 8.46. The number of thiophene rings is 1. The standard InChI is InChI=1S/C14H22N2S2/c1-4-11-7-9-18-13(16-11)15-10-14(2,3)12-6-5-8-17-12/h5-6,8,11H,4,7,9-10H2,1-3H3,(H,15,16). The Morgan fingerprint density at radius 3 is 3.00 bits per heavy atom. The highest BCUT2D eigenvalue weighted by atomic mass is 32.2. The van der Waals surface area contributed by atoms with E-state index in [1.165, 1.54) is 23.5 Å². The molecule has 2 heterocycles. The maximum atomic E-state index is 4.78. The van der Waals surface area contributed by atoms with Crippen LogP contribution < -0.4 is 5.32 Å². The molecule has 0 aliphatic carbocycles. The molecule has 0 amide bonds. The molecule has 1 atom stereocenters. The fraction of sp³-hybridized carbons (Fsp3) is 0.643. The molecule has 1 N–H and O–H groups in total. The lowest BCUT2D eigenvalue weighted by Crippen LogP contribution is -2.38. The molecule has 4 heteroatoms. The van der Waals surface area contributed by atoms with Crippen LogP contribution in [0.2, 0.25) is 0 Å². The summed E-state index contributed by atoms with van der Waals surface area (Å²) in [5.41, 5.74) is 0.141. The molecule has 0 bridgehead atoms. The number of thioether (sulfide) groups is 1. The lowest BCUT2D eigenvalue weighted by molar-refractivity contribution is 0.542. The van der Waals surface area contributed by atoms with Crippen molar-refractivity contribution < 1.29 is 0 Å². The Morgan fingerprint density at radius 2 is 2.33 bits per heavy atom. The van der Waals surface area contributed by atoms with Crippen LogP contribution in [0.15, 0.2) is 22.5 Å². The van der Waals surface area contributed by atoms with Gasteiger partial charge in [-0.05, 0) is 24.3 Å². The highest BCUT2D eigenvalue weighted by Crippen LogP contribution is 2.28. The van der Waals surface area contributed by atoms with Crippen LogP contribution in [0.1, 0.15) is 38.5 Å². The van der Waals surface area contributed by atoms with Crippen molar-refractivity contribution >= 4 is 28.3 Å². The molecule has 2 rings (SSSR count). The quantitative estimate of drug-likeness (QED) is 0.906. The highest BCUT2D eigenvalue weighted by molar-refractivity contribution is 8.13. The molecule has 1 aromatic rings. The van der Waals surface area contributed by atoms with Crippen molar-refractivity contribution in [2.45, 2.75) is 45.1 Å². The zero-order chi connectivity index (χ0) is 13.0. The second-order valence-corrected chi connectivity index (χ2v) is 7.40. The molecule has 0 saturated carbocycles. The maximum Gasteiger partial charge on any atom is 0.156 e. The van der Waals surface area contributed by atoms with Gasteiger partial charge in [0.05, 0.1) is 6.54 Å². The largest absolute Gasteiger partial charge is 0.362 e. The predicted molar refractivity (Wildman–Crippen MR) is 83.9 cm³/mol. The highest BCUT2D eigenvalue weighted by Gasteiger charge is 2.22. The average Bonchev–Trinajstić information content (AvgIpc) is 2.91. The summed E-state index contributed by atoms with van der Waals surface area (Å²) in [5, 5.41) is 6.82. The number of aliphatic imine (C=N–C) groups is 1. The van der Waals surface area contributed by atoms with Crippen LogP contribution in [0, 0.1) is 0 Å². The summed E-state index contributed by atoms with van der Waals surface area (Å²) in [6, 6.07) is 4.95. The number of nitrogens with zero attached hydrogens (tertiary/aromatic N) is 1. The molecular formula is C14H22N2S2. The van der Waals surface area contributed by atoms with E-state index < -0.39 is 0 Å².